The van der Waals surface area contributed by atoms with E-state index >= 15 is 0 Å². The fourth-order valence-corrected chi connectivity index (χ4v) is 3.11. The van der Waals surface area contributed by atoms with Gasteiger partial charge >= 0.3 is 0 Å². The average Bonchev–Trinajstić information content (AvgIpc) is 2.48. The second kappa shape index (κ2) is 12.3. The number of morpholine rings is 1. The molecule has 1 atom stereocenters. The summed E-state index contributed by atoms with van der Waals surface area (Å²) >= 11 is 0. The highest BCUT2D eigenvalue weighted by Crippen LogP contribution is 2.12. The third kappa shape index (κ3) is 10.7. The minimum Gasteiger partial charge on any atom is -0.379 e. The first kappa shape index (κ1) is 23.9. The van der Waals surface area contributed by atoms with Gasteiger partial charge < -0.3 is 15.4 Å². The lowest BCUT2D eigenvalue weighted by molar-refractivity contribution is 0.0132. The van der Waals surface area contributed by atoms with E-state index in [1.54, 1.807) is 7.05 Å². The van der Waals surface area contributed by atoms with Crippen LogP contribution in [0.3, 0.4) is 0 Å². The van der Waals surface area contributed by atoms with Crippen LogP contribution in [0.1, 0.15) is 20.3 Å². The highest BCUT2D eigenvalue weighted by Gasteiger charge is 2.22. The van der Waals surface area contributed by atoms with Crippen LogP contribution in [-0.4, -0.2) is 83.8 Å². The van der Waals surface area contributed by atoms with E-state index in [4.69, 9.17) is 4.74 Å². The van der Waals surface area contributed by atoms with Crippen molar-refractivity contribution < 1.29 is 13.2 Å². The van der Waals surface area contributed by atoms with Gasteiger partial charge in [0.05, 0.1) is 19.0 Å². The Morgan fingerprint density at radius 1 is 1.25 bits per heavy atom. The van der Waals surface area contributed by atoms with Crippen LogP contribution in [0.4, 0.5) is 0 Å². The summed E-state index contributed by atoms with van der Waals surface area (Å²) < 4.78 is 27.8. The van der Waals surface area contributed by atoms with Crippen molar-refractivity contribution in [3.8, 4) is 0 Å². The Labute approximate surface area is 163 Å². The van der Waals surface area contributed by atoms with Crippen LogP contribution in [0.5, 0.6) is 0 Å². The molecule has 1 unspecified atom stereocenters. The van der Waals surface area contributed by atoms with Gasteiger partial charge in [0.1, 0.15) is 9.84 Å². The fourth-order valence-electron chi connectivity index (χ4n) is 2.64. The lowest BCUT2D eigenvalue weighted by atomic mass is 10.0. The minimum atomic E-state index is -2.96. The van der Waals surface area contributed by atoms with E-state index in [1.165, 1.54) is 6.26 Å². The molecule has 0 bridgehead atoms. The molecule has 1 aliphatic rings. The molecule has 0 spiro atoms. The second-order valence-electron chi connectivity index (χ2n) is 6.44. The van der Waals surface area contributed by atoms with Gasteiger partial charge in [-0.15, -0.1) is 24.0 Å². The van der Waals surface area contributed by atoms with Gasteiger partial charge in [-0.3, -0.25) is 9.89 Å². The third-order valence-electron chi connectivity index (χ3n) is 3.80. The summed E-state index contributed by atoms with van der Waals surface area (Å²) in [5.41, 5.74) is 0. The van der Waals surface area contributed by atoms with Gasteiger partial charge in [-0.2, -0.15) is 0 Å². The van der Waals surface area contributed by atoms with Crippen molar-refractivity contribution in [2.45, 2.75) is 26.3 Å². The van der Waals surface area contributed by atoms with Crippen LogP contribution in [0.2, 0.25) is 0 Å². The Bertz CT molecular complexity index is 465. The Balaban J connectivity index is 0.00000529. The molecule has 0 aromatic heterocycles. The number of guanidine groups is 1. The first-order chi connectivity index (χ1) is 10.8. The zero-order chi connectivity index (χ0) is 17.3. The predicted molar refractivity (Wildman–Crippen MR) is 110 cm³/mol. The van der Waals surface area contributed by atoms with Crippen molar-refractivity contribution in [3.63, 3.8) is 0 Å². The van der Waals surface area contributed by atoms with Crippen LogP contribution >= 0.6 is 24.0 Å². The van der Waals surface area contributed by atoms with Gasteiger partial charge in [-0.1, -0.05) is 13.8 Å². The van der Waals surface area contributed by atoms with Crippen molar-refractivity contribution in [2.75, 3.05) is 58.4 Å². The first-order valence-corrected chi connectivity index (χ1v) is 10.3. The van der Waals surface area contributed by atoms with Gasteiger partial charge in [0.2, 0.25) is 0 Å². The highest BCUT2D eigenvalue weighted by atomic mass is 127. The van der Waals surface area contributed by atoms with Gasteiger partial charge in [0, 0.05) is 45.5 Å². The zero-order valence-electron chi connectivity index (χ0n) is 15.2. The molecule has 144 valence electrons. The summed E-state index contributed by atoms with van der Waals surface area (Å²) in [6, 6.07) is 0.423. The molecule has 1 saturated heterocycles. The van der Waals surface area contributed by atoms with Gasteiger partial charge in [0.15, 0.2) is 5.96 Å². The second-order valence-corrected chi connectivity index (χ2v) is 8.70. The maximum absolute atomic E-state index is 11.2. The van der Waals surface area contributed by atoms with Crippen LogP contribution in [-0.2, 0) is 14.6 Å². The number of hydrogen-bond acceptors (Lipinski definition) is 5. The number of nitrogens with one attached hydrogen (secondary N) is 2. The summed E-state index contributed by atoms with van der Waals surface area (Å²) in [4.78, 5) is 6.62. The number of halogens is 1. The van der Waals surface area contributed by atoms with Crippen LogP contribution in [0.25, 0.3) is 0 Å². The molecule has 0 amide bonds. The quantitative estimate of drug-likeness (QED) is 0.303. The summed E-state index contributed by atoms with van der Waals surface area (Å²) in [5, 5.41) is 6.37. The monoisotopic (exact) mass is 476 g/mol. The maximum atomic E-state index is 11.2. The summed E-state index contributed by atoms with van der Waals surface area (Å²) in [6.07, 6.45) is 2.34. The highest BCUT2D eigenvalue weighted by molar-refractivity contribution is 14.0. The fraction of sp³-hybridized carbons (Fsp3) is 0.933. The molecule has 1 heterocycles. The topological polar surface area (TPSA) is 83.0 Å². The average molecular weight is 476 g/mol. The summed E-state index contributed by atoms with van der Waals surface area (Å²) in [6.45, 7) is 9.10. The van der Waals surface area contributed by atoms with Gasteiger partial charge in [-0.25, -0.2) is 8.42 Å². The SMILES string of the molecule is CN=C(NCCS(C)(=O)=O)NCC(CC(C)C)N1CCOCC1.I. The number of hydrogen-bond donors (Lipinski definition) is 2. The number of ether oxygens (including phenoxy) is 1. The molecule has 0 radical (unpaired) electrons. The first-order valence-electron chi connectivity index (χ1n) is 8.26. The molecule has 0 aromatic carbocycles. The van der Waals surface area contributed by atoms with E-state index in [2.05, 4.69) is 34.4 Å². The molecular formula is C15H33IN4O3S. The van der Waals surface area contributed by atoms with Gasteiger partial charge in [0.25, 0.3) is 0 Å². The molecule has 9 heteroatoms. The third-order valence-corrected chi connectivity index (χ3v) is 4.75. The van der Waals surface area contributed by atoms with E-state index in [0.717, 1.165) is 39.3 Å². The molecule has 7 nitrogen and oxygen atoms in total. The van der Waals surface area contributed by atoms with E-state index in [9.17, 15) is 8.42 Å². The van der Waals surface area contributed by atoms with Crippen molar-refractivity contribution in [1.29, 1.82) is 0 Å². The smallest absolute Gasteiger partial charge is 0.191 e. The van der Waals surface area contributed by atoms with Crippen molar-refractivity contribution in [1.82, 2.24) is 15.5 Å². The van der Waals surface area contributed by atoms with E-state index in [1.807, 2.05) is 0 Å². The minimum absolute atomic E-state index is 0. The zero-order valence-corrected chi connectivity index (χ0v) is 18.4. The molecule has 0 aliphatic carbocycles. The maximum Gasteiger partial charge on any atom is 0.191 e. The Hall–Kier alpha value is -0.130. The standard InChI is InChI=1S/C15H32N4O3S.HI/c1-13(2)11-14(19-6-8-22-9-7-19)12-18-15(16-3)17-5-10-23(4,20)21;/h13-14H,5-12H2,1-4H3,(H2,16,17,18);1H. The lowest BCUT2D eigenvalue weighted by Gasteiger charge is -2.35. The molecule has 1 aliphatic heterocycles. The largest absolute Gasteiger partial charge is 0.379 e. The number of sulfone groups is 1. The Kier molecular flexibility index (Phi) is 12.2. The van der Waals surface area contributed by atoms with E-state index < -0.39 is 9.84 Å². The molecule has 0 saturated carbocycles. The number of aliphatic imine (C=N–C) groups is 1. The van der Waals surface area contributed by atoms with Crippen molar-refractivity contribution in [2.24, 2.45) is 10.9 Å². The van der Waals surface area contributed by atoms with E-state index in [0.29, 0.717) is 24.5 Å². The Morgan fingerprint density at radius 3 is 2.38 bits per heavy atom. The Morgan fingerprint density at radius 2 is 1.88 bits per heavy atom. The molecule has 2 N–H and O–H groups in total. The summed E-state index contributed by atoms with van der Waals surface area (Å²) in [7, 11) is -1.26. The number of nitrogens with zero attached hydrogens (tertiary/aromatic N) is 2. The normalized spacial score (nSPS) is 18.1. The molecule has 1 rings (SSSR count). The van der Waals surface area contributed by atoms with Crippen LogP contribution in [0, 0.1) is 5.92 Å². The molecule has 24 heavy (non-hydrogen) atoms. The van der Waals surface area contributed by atoms with Crippen molar-refractivity contribution >= 4 is 39.8 Å². The lowest BCUT2D eigenvalue weighted by Crippen LogP contribution is -2.51. The summed E-state index contributed by atoms with van der Waals surface area (Å²) in [5.74, 6) is 1.37. The van der Waals surface area contributed by atoms with Crippen LogP contribution in [0.15, 0.2) is 4.99 Å². The molecule has 0 aromatic rings. The van der Waals surface area contributed by atoms with Gasteiger partial charge in [-0.05, 0) is 12.3 Å². The number of rotatable bonds is 8. The van der Waals surface area contributed by atoms with Crippen LogP contribution < -0.4 is 10.6 Å². The molecular weight excluding hydrogens is 443 g/mol. The molecule has 1 fully saturated rings. The predicted octanol–water partition coefficient (Wildman–Crippen LogP) is 0.561. The van der Waals surface area contributed by atoms with Crippen molar-refractivity contribution in [3.05, 3.63) is 0 Å². The van der Waals surface area contributed by atoms with E-state index in [-0.39, 0.29) is 29.7 Å².